The molecule has 0 saturated carbocycles. The van der Waals surface area contributed by atoms with Crippen LogP contribution >= 0.6 is 0 Å². The van der Waals surface area contributed by atoms with Gasteiger partial charge in [-0.2, -0.15) is 20.1 Å². The average Bonchev–Trinajstić information content (AvgIpc) is 2.84. The van der Waals surface area contributed by atoms with Crippen LogP contribution in [0.1, 0.15) is 11.1 Å². The number of nitrogens with one attached hydrogen (secondary N) is 3. The number of hydrazone groups is 1. The summed E-state index contributed by atoms with van der Waals surface area (Å²) in [5.74, 6) is 0.833. The van der Waals surface area contributed by atoms with Gasteiger partial charge in [0.1, 0.15) is 0 Å². The van der Waals surface area contributed by atoms with E-state index in [0.717, 1.165) is 11.3 Å². The zero-order valence-electron chi connectivity index (χ0n) is 17.4. The zero-order chi connectivity index (χ0) is 22.9. The Labute approximate surface area is 189 Å². The maximum absolute atomic E-state index is 11.2. The number of para-hydroxylation sites is 2. The summed E-state index contributed by atoms with van der Waals surface area (Å²) in [6.07, 6.45) is 1.35. The lowest BCUT2D eigenvalue weighted by atomic mass is 10.2. The van der Waals surface area contributed by atoms with Crippen LogP contribution in [0.4, 0.5) is 29.2 Å². The summed E-state index contributed by atoms with van der Waals surface area (Å²) in [5, 5.41) is 21.6. The van der Waals surface area contributed by atoms with Crippen LogP contribution in [-0.4, -0.2) is 26.1 Å². The van der Waals surface area contributed by atoms with Crippen molar-refractivity contribution < 1.29 is 4.92 Å². The van der Waals surface area contributed by atoms with Gasteiger partial charge in [0.2, 0.25) is 17.8 Å². The van der Waals surface area contributed by atoms with Crippen molar-refractivity contribution in [3.05, 3.63) is 106 Å². The normalized spacial score (nSPS) is 10.7. The Morgan fingerprint density at radius 1 is 0.818 bits per heavy atom. The van der Waals surface area contributed by atoms with Crippen molar-refractivity contribution in [1.29, 1.82) is 0 Å². The molecule has 10 nitrogen and oxygen atoms in total. The van der Waals surface area contributed by atoms with Gasteiger partial charge in [-0.05, 0) is 23.8 Å². The fourth-order valence-electron chi connectivity index (χ4n) is 2.91. The van der Waals surface area contributed by atoms with Gasteiger partial charge in [-0.25, -0.2) is 5.43 Å². The van der Waals surface area contributed by atoms with Crippen molar-refractivity contribution >= 4 is 35.4 Å². The first kappa shape index (κ1) is 21.4. The van der Waals surface area contributed by atoms with E-state index < -0.39 is 4.92 Å². The van der Waals surface area contributed by atoms with Crippen LogP contribution in [0.25, 0.3) is 0 Å². The Morgan fingerprint density at radius 3 is 2.21 bits per heavy atom. The molecular formula is C23H20N8O2. The Kier molecular flexibility index (Phi) is 6.76. The van der Waals surface area contributed by atoms with Crippen molar-refractivity contribution in [3.63, 3.8) is 0 Å². The molecule has 0 unspecified atom stereocenters. The minimum atomic E-state index is -0.461. The predicted molar refractivity (Wildman–Crippen MR) is 128 cm³/mol. The fourth-order valence-corrected chi connectivity index (χ4v) is 2.91. The van der Waals surface area contributed by atoms with Gasteiger partial charge in [-0.1, -0.05) is 60.7 Å². The summed E-state index contributed by atoms with van der Waals surface area (Å²) < 4.78 is 0. The lowest BCUT2D eigenvalue weighted by Crippen LogP contribution is -2.09. The number of aromatic nitrogens is 3. The molecule has 3 N–H and O–H groups in total. The van der Waals surface area contributed by atoms with Gasteiger partial charge in [0.05, 0.1) is 16.7 Å². The summed E-state index contributed by atoms with van der Waals surface area (Å²) in [4.78, 5) is 23.8. The molecule has 4 rings (SSSR count). The number of anilines is 4. The third kappa shape index (κ3) is 6.07. The smallest absolute Gasteiger partial charge is 0.278 e. The van der Waals surface area contributed by atoms with Gasteiger partial charge in [0.15, 0.2) is 0 Å². The highest BCUT2D eigenvalue weighted by atomic mass is 16.6. The van der Waals surface area contributed by atoms with E-state index in [1.165, 1.54) is 12.3 Å². The zero-order valence-corrected chi connectivity index (χ0v) is 17.4. The molecule has 0 saturated heterocycles. The van der Waals surface area contributed by atoms with Crippen LogP contribution in [-0.2, 0) is 6.54 Å². The van der Waals surface area contributed by atoms with Crippen LogP contribution in [0.15, 0.2) is 90.0 Å². The van der Waals surface area contributed by atoms with E-state index in [0.29, 0.717) is 24.0 Å². The number of benzene rings is 3. The molecule has 0 spiro atoms. The quantitative estimate of drug-likeness (QED) is 0.196. The minimum absolute atomic E-state index is 0.0460. The summed E-state index contributed by atoms with van der Waals surface area (Å²) in [7, 11) is 0. The van der Waals surface area contributed by atoms with Crippen LogP contribution in [0.3, 0.4) is 0 Å². The van der Waals surface area contributed by atoms with E-state index in [-0.39, 0.29) is 11.6 Å². The van der Waals surface area contributed by atoms with E-state index in [1.807, 2.05) is 60.7 Å². The standard InChI is InChI=1S/C23H20N8O2/c32-31(33)20-14-8-7-11-18(20)16-25-30-23-28-21(24-15-17-9-3-1-4-10-17)27-22(29-23)26-19-12-5-2-6-13-19/h1-14,16H,15H2,(H3,24,26,27,28,29,30). The lowest BCUT2D eigenvalue weighted by molar-refractivity contribution is -0.385. The molecule has 0 fully saturated rings. The van der Waals surface area contributed by atoms with Crippen molar-refractivity contribution in [3.8, 4) is 0 Å². The summed E-state index contributed by atoms with van der Waals surface area (Å²) in [5.41, 5.74) is 4.92. The largest absolute Gasteiger partial charge is 0.350 e. The summed E-state index contributed by atoms with van der Waals surface area (Å²) in [6, 6.07) is 25.6. The highest BCUT2D eigenvalue weighted by Gasteiger charge is 2.10. The predicted octanol–water partition coefficient (Wildman–Crippen LogP) is 4.58. The number of hydrogen-bond acceptors (Lipinski definition) is 9. The van der Waals surface area contributed by atoms with Crippen molar-refractivity contribution in [2.24, 2.45) is 5.10 Å². The first-order chi connectivity index (χ1) is 16.2. The maximum atomic E-state index is 11.2. The molecule has 4 aromatic rings. The van der Waals surface area contributed by atoms with Gasteiger partial charge in [0, 0.05) is 18.3 Å². The molecule has 0 aliphatic rings. The van der Waals surface area contributed by atoms with E-state index in [9.17, 15) is 10.1 Å². The van der Waals surface area contributed by atoms with Crippen LogP contribution in [0, 0.1) is 10.1 Å². The van der Waals surface area contributed by atoms with E-state index in [2.05, 4.69) is 36.1 Å². The topological polar surface area (TPSA) is 130 Å². The van der Waals surface area contributed by atoms with Gasteiger partial charge >= 0.3 is 0 Å². The van der Waals surface area contributed by atoms with Crippen molar-refractivity contribution in [2.45, 2.75) is 6.54 Å². The molecule has 33 heavy (non-hydrogen) atoms. The maximum Gasteiger partial charge on any atom is 0.278 e. The van der Waals surface area contributed by atoms with Gasteiger partial charge in [0.25, 0.3) is 5.69 Å². The molecule has 0 aliphatic heterocycles. The van der Waals surface area contributed by atoms with Gasteiger partial charge < -0.3 is 10.6 Å². The van der Waals surface area contributed by atoms with Crippen LogP contribution < -0.4 is 16.1 Å². The molecule has 1 heterocycles. The number of rotatable bonds is 9. The van der Waals surface area contributed by atoms with Gasteiger partial charge in [-0.3, -0.25) is 10.1 Å². The summed E-state index contributed by atoms with van der Waals surface area (Å²) >= 11 is 0. The molecule has 0 aliphatic carbocycles. The molecule has 1 aromatic heterocycles. The molecular weight excluding hydrogens is 420 g/mol. The molecule has 164 valence electrons. The summed E-state index contributed by atoms with van der Waals surface area (Å²) in [6.45, 7) is 0.522. The molecule has 0 atom stereocenters. The highest BCUT2D eigenvalue weighted by Crippen LogP contribution is 2.17. The molecule has 3 aromatic carbocycles. The second-order valence-corrected chi connectivity index (χ2v) is 6.82. The number of nitro groups is 1. The number of nitrogens with zero attached hydrogens (tertiary/aromatic N) is 5. The molecule has 0 amide bonds. The SMILES string of the molecule is O=[N+]([O-])c1ccccc1C=NNc1nc(NCc2ccccc2)nc(Nc2ccccc2)n1. The van der Waals surface area contributed by atoms with Crippen molar-refractivity contribution in [1.82, 2.24) is 15.0 Å². The van der Waals surface area contributed by atoms with Crippen LogP contribution in [0.5, 0.6) is 0 Å². The second-order valence-electron chi connectivity index (χ2n) is 6.82. The molecule has 0 radical (unpaired) electrons. The Hall–Kier alpha value is -4.86. The van der Waals surface area contributed by atoms with E-state index in [1.54, 1.807) is 18.2 Å². The Bertz CT molecular complexity index is 1250. The average molecular weight is 440 g/mol. The number of nitro benzene ring substituents is 1. The minimum Gasteiger partial charge on any atom is -0.350 e. The Balaban J connectivity index is 1.55. The third-order valence-electron chi connectivity index (χ3n) is 4.46. The molecule has 10 heteroatoms. The van der Waals surface area contributed by atoms with Crippen LogP contribution in [0.2, 0.25) is 0 Å². The van der Waals surface area contributed by atoms with E-state index in [4.69, 9.17) is 0 Å². The first-order valence-corrected chi connectivity index (χ1v) is 10.1. The van der Waals surface area contributed by atoms with Crippen molar-refractivity contribution in [2.75, 3.05) is 16.1 Å². The second kappa shape index (κ2) is 10.4. The van der Waals surface area contributed by atoms with Gasteiger partial charge in [-0.15, -0.1) is 0 Å². The number of hydrogen-bond donors (Lipinski definition) is 3. The van der Waals surface area contributed by atoms with E-state index >= 15 is 0 Å². The lowest BCUT2D eigenvalue weighted by Gasteiger charge is -2.10. The molecule has 0 bridgehead atoms. The monoisotopic (exact) mass is 440 g/mol. The highest BCUT2D eigenvalue weighted by molar-refractivity contribution is 5.85. The Morgan fingerprint density at radius 2 is 1.45 bits per heavy atom. The third-order valence-corrected chi connectivity index (χ3v) is 4.46. The first-order valence-electron chi connectivity index (χ1n) is 10.1. The fraction of sp³-hybridized carbons (Fsp3) is 0.0435.